The van der Waals surface area contributed by atoms with Gasteiger partial charge in [-0.05, 0) is 56.3 Å². The molecule has 1 spiro atoms. The Hall–Kier alpha value is -1.73. The normalized spacial score (nSPS) is 19.7. The number of hydrogen-bond acceptors (Lipinski definition) is 3. The maximum absolute atomic E-state index is 12.8. The SMILES string of the molecule is CN1CC2(CC(Oc3ccc(S(=O)Nc4ccc(Cl)c5c(Cl)c[nH]c45)cc3)C2)C1. The highest BCUT2D eigenvalue weighted by Gasteiger charge is 2.52. The Bertz CT molecular complexity index is 1090. The van der Waals surface area contributed by atoms with E-state index in [-0.39, 0.29) is 6.10 Å². The minimum Gasteiger partial charge on any atom is -0.490 e. The molecule has 0 amide bonds. The fraction of sp³-hybridized carbons (Fsp3) is 0.333. The van der Waals surface area contributed by atoms with Gasteiger partial charge >= 0.3 is 0 Å². The van der Waals surface area contributed by atoms with Crippen molar-refractivity contribution in [1.82, 2.24) is 9.88 Å². The fourth-order valence-corrected chi connectivity index (χ4v) is 6.02. The van der Waals surface area contributed by atoms with Crippen molar-refractivity contribution in [2.75, 3.05) is 24.9 Å². The predicted molar refractivity (Wildman–Crippen MR) is 118 cm³/mol. The summed E-state index contributed by atoms with van der Waals surface area (Å²) in [5.74, 6) is 0.823. The lowest BCUT2D eigenvalue weighted by atomic mass is 9.62. The molecule has 1 atom stereocenters. The van der Waals surface area contributed by atoms with E-state index in [1.165, 1.54) is 13.1 Å². The number of likely N-dealkylation sites (tertiary alicyclic amines) is 1. The first-order chi connectivity index (χ1) is 13.9. The maximum atomic E-state index is 12.8. The summed E-state index contributed by atoms with van der Waals surface area (Å²) in [5, 5.41) is 1.80. The molecule has 2 heterocycles. The van der Waals surface area contributed by atoms with E-state index in [0.29, 0.717) is 26.0 Å². The van der Waals surface area contributed by atoms with Crippen molar-refractivity contribution in [3.05, 3.63) is 52.6 Å². The number of anilines is 1. The number of rotatable bonds is 5. The molecule has 8 heteroatoms. The van der Waals surface area contributed by atoms with Gasteiger partial charge in [-0.15, -0.1) is 0 Å². The molecular formula is C21H21Cl2N3O2S. The van der Waals surface area contributed by atoms with Gasteiger partial charge in [0.2, 0.25) is 0 Å². The lowest BCUT2D eigenvalue weighted by Crippen LogP contribution is -2.63. The van der Waals surface area contributed by atoms with E-state index in [1.807, 2.05) is 24.3 Å². The van der Waals surface area contributed by atoms with Gasteiger partial charge in [0.05, 0.1) is 32.2 Å². The predicted octanol–water partition coefficient (Wildman–Crippen LogP) is 5.08. The Morgan fingerprint density at radius 3 is 2.55 bits per heavy atom. The van der Waals surface area contributed by atoms with Crippen LogP contribution in [0, 0.1) is 5.41 Å². The maximum Gasteiger partial charge on any atom is 0.150 e. The van der Waals surface area contributed by atoms with Crippen molar-refractivity contribution in [2.24, 2.45) is 5.41 Å². The van der Waals surface area contributed by atoms with Gasteiger partial charge in [0, 0.05) is 30.1 Å². The number of aromatic amines is 1. The van der Waals surface area contributed by atoms with Gasteiger partial charge in [0.25, 0.3) is 0 Å². The molecular weight excluding hydrogens is 429 g/mol. The summed E-state index contributed by atoms with van der Waals surface area (Å²) in [5.41, 5.74) is 1.91. The van der Waals surface area contributed by atoms with Gasteiger partial charge in [-0.3, -0.25) is 4.72 Å². The first-order valence-electron chi connectivity index (χ1n) is 9.51. The van der Waals surface area contributed by atoms with E-state index >= 15 is 0 Å². The molecule has 152 valence electrons. The summed E-state index contributed by atoms with van der Waals surface area (Å²) in [4.78, 5) is 6.10. The van der Waals surface area contributed by atoms with Gasteiger partial charge in [-0.25, -0.2) is 4.21 Å². The Morgan fingerprint density at radius 1 is 1.14 bits per heavy atom. The van der Waals surface area contributed by atoms with Gasteiger partial charge in [-0.1, -0.05) is 23.2 Å². The third-order valence-corrected chi connectivity index (χ3v) is 7.53. The number of nitrogens with zero attached hydrogens (tertiary/aromatic N) is 1. The van der Waals surface area contributed by atoms with Crippen molar-refractivity contribution in [2.45, 2.75) is 23.8 Å². The second kappa shape index (κ2) is 7.20. The van der Waals surface area contributed by atoms with Gasteiger partial charge in [0.15, 0.2) is 0 Å². The second-order valence-electron chi connectivity index (χ2n) is 8.14. The van der Waals surface area contributed by atoms with Gasteiger partial charge in [0.1, 0.15) is 16.7 Å². The summed E-state index contributed by atoms with van der Waals surface area (Å²) in [6.45, 7) is 2.36. The Kier molecular flexibility index (Phi) is 4.78. The van der Waals surface area contributed by atoms with Crippen LogP contribution in [0.4, 0.5) is 5.69 Å². The molecule has 1 unspecified atom stereocenters. The Labute approximate surface area is 181 Å². The largest absolute Gasteiger partial charge is 0.490 e. The van der Waals surface area contributed by atoms with Crippen LogP contribution in [0.5, 0.6) is 5.75 Å². The molecule has 1 aliphatic carbocycles. The van der Waals surface area contributed by atoms with Crippen LogP contribution in [-0.4, -0.2) is 40.3 Å². The standard InChI is InChI=1S/C21H21Cl2N3O2S/c1-26-11-21(12-26)8-14(9-21)28-13-2-4-15(5-3-13)29(27)25-18-7-6-16(22)19-17(23)10-24-20(18)19/h2-7,10,14,24-25H,8-9,11-12H2,1H3. The number of hydrogen-bond donors (Lipinski definition) is 2. The molecule has 1 aromatic heterocycles. The Morgan fingerprint density at radius 2 is 1.86 bits per heavy atom. The van der Waals surface area contributed by atoms with Crippen LogP contribution in [0.25, 0.3) is 10.9 Å². The van der Waals surface area contributed by atoms with Crippen molar-refractivity contribution < 1.29 is 8.95 Å². The quantitative estimate of drug-likeness (QED) is 0.570. The zero-order chi connectivity index (χ0) is 20.2. The average molecular weight is 450 g/mol. The van der Waals surface area contributed by atoms with E-state index in [1.54, 1.807) is 18.3 Å². The van der Waals surface area contributed by atoms with E-state index in [2.05, 4.69) is 21.7 Å². The van der Waals surface area contributed by atoms with Crippen molar-refractivity contribution in [3.8, 4) is 5.75 Å². The minimum absolute atomic E-state index is 0.290. The molecule has 5 nitrogen and oxygen atoms in total. The number of fused-ring (bicyclic) bond motifs is 1. The van der Waals surface area contributed by atoms with Gasteiger partial charge in [-0.2, -0.15) is 0 Å². The molecule has 0 bridgehead atoms. The zero-order valence-electron chi connectivity index (χ0n) is 15.9. The van der Waals surface area contributed by atoms with Crippen LogP contribution >= 0.6 is 23.2 Å². The smallest absolute Gasteiger partial charge is 0.150 e. The van der Waals surface area contributed by atoms with Crippen LogP contribution in [0.1, 0.15) is 12.8 Å². The lowest BCUT2D eigenvalue weighted by molar-refractivity contribution is -0.109. The number of aromatic nitrogens is 1. The molecule has 1 saturated heterocycles. The van der Waals surface area contributed by atoms with E-state index < -0.39 is 11.0 Å². The molecule has 0 radical (unpaired) electrons. The van der Waals surface area contributed by atoms with Crippen molar-refractivity contribution in [1.29, 1.82) is 0 Å². The number of ether oxygens (including phenoxy) is 1. The summed E-state index contributed by atoms with van der Waals surface area (Å²) in [6.07, 6.45) is 4.21. The molecule has 2 aliphatic rings. The number of benzene rings is 2. The highest BCUT2D eigenvalue weighted by Crippen LogP contribution is 2.49. The minimum atomic E-state index is -1.42. The fourth-order valence-electron chi connectivity index (χ4n) is 4.59. The molecule has 2 fully saturated rings. The number of H-pyrrole nitrogens is 1. The first-order valence-corrected chi connectivity index (χ1v) is 11.4. The van der Waals surface area contributed by atoms with Gasteiger partial charge < -0.3 is 14.6 Å². The number of nitrogens with one attached hydrogen (secondary N) is 2. The molecule has 1 saturated carbocycles. The molecule has 2 N–H and O–H groups in total. The van der Waals surface area contributed by atoms with Crippen LogP contribution in [0.15, 0.2) is 47.5 Å². The third kappa shape index (κ3) is 3.52. The molecule has 3 aromatic rings. The summed E-state index contributed by atoms with van der Waals surface area (Å²) in [7, 11) is 0.736. The highest BCUT2D eigenvalue weighted by atomic mass is 35.5. The third-order valence-electron chi connectivity index (χ3n) is 5.81. The highest BCUT2D eigenvalue weighted by molar-refractivity contribution is 7.86. The topological polar surface area (TPSA) is 57.4 Å². The molecule has 5 rings (SSSR count). The average Bonchev–Trinajstić information content (AvgIpc) is 3.04. The van der Waals surface area contributed by atoms with Crippen LogP contribution < -0.4 is 9.46 Å². The van der Waals surface area contributed by atoms with E-state index in [4.69, 9.17) is 27.9 Å². The molecule has 1 aliphatic heterocycles. The van der Waals surface area contributed by atoms with Crippen molar-refractivity contribution >= 4 is 50.8 Å². The van der Waals surface area contributed by atoms with E-state index in [0.717, 1.165) is 29.5 Å². The van der Waals surface area contributed by atoms with E-state index in [9.17, 15) is 4.21 Å². The lowest BCUT2D eigenvalue weighted by Gasteiger charge is -2.57. The van der Waals surface area contributed by atoms with Crippen LogP contribution in [0.2, 0.25) is 10.0 Å². The second-order valence-corrected chi connectivity index (χ2v) is 10.2. The zero-order valence-corrected chi connectivity index (χ0v) is 18.2. The summed E-state index contributed by atoms with van der Waals surface area (Å²) in [6, 6.07) is 11.0. The van der Waals surface area contributed by atoms with Crippen LogP contribution in [0.3, 0.4) is 0 Å². The number of halogens is 2. The van der Waals surface area contributed by atoms with Crippen molar-refractivity contribution in [3.63, 3.8) is 0 Å². The summed E-state index contributed by atoms with van der Waals surface area (Å²) < 4.78 is 21.9. The molecule has 2 aromatic carbocycles. The van der Waals surface area contributed by atoms with Crippen LogP contribution in [-0.2, 0) is 11.0 Å². The summed E-state index contributed by atoms with van der Waals surface area (Å²) >= 11 is 12.4. The first kappa shape index (κ1) is 19.2. The monoisotopic (exact) mass is 449 g/mol. The molecule has 29 heavy (non-hydrogen) atoms. The Balaban J connectivity index is 1.24.